The van der Waals surface area contributed by atoms with Crippen molar-refractivity contribution in [2.45, 2.75) is 39.3 Å². The lowest BCUT2D eigenvalue weighted by Crippen LogP contribution is -2.43. The first kappa shape index (κ1) is 22.6. The number of hydrogen-bond acceptors (Lipinski definition) is 4. The molecule has 0 saturated carbocycles. The van der Waals surface area contributed by atoms with E-state index in [1.165, 1.54) is 40.6 Å². The van der Waals surface area contributed by atoms with Crippen LogP contribution >= 0.6 is 46.7 Å². The van der Waals surface area contributed by atoms with E-state index in [9.17, 15) is 0 Å². The maximum atomic E-state index is 4.38. The number of aryl methyl sites for hydroxylation is 1. The highest BCUT2D eigenvalue weighted by Gasteiger charge is 2.20. The summed E-state index contributed by atoms with van der Waals surface area (Å²) in [5.41, 5.74) is 0. The minimum absolute atomic E-state index is 0. The molecule has 1 unspecified atom stereocenters. The average Bonchev–Trinajstić information content (AvgIpc) is 3.34. The fourth-order valence-electron chi connectivity index (χ4n) is 3.42. The predicted octanol–water partition coefficient (Wildman–Crippen LogP) is 4.57. The van der Waals surface area contributed by atoms with Gasteiger partial charge in [-0.05, 0) is 55.3 Å². The third kappa shape index (κ3) is 7.36. The van der Waals surface area contributed by atoms with E-state index in [-0.39, 0.29) is 24.0 Å². The monoisotopic (exact) mass is 518 g/mol. The van der Waals surface area contributed by atoms with E-state index in [0.717, 1.165) is 32.0 Å². The maximum Gasteiger partial charge on any atom is 0.191 e. The summed E-state index contributed by atoms with van der Waals surface area (Å²) in [6.45, 7) is 7.53. The Morgan fingerprint density at radius 2 is 2.07 bits per heavy atom. The summed E-state index contributed by atoms with van der Waals surface area (Å²) in [6.07, 6.45) is 3.70. The van der Waals surface area contributed by atoms with E-state index < -0.39 is 0 Å². The van der Waals surface area contributed by atoms with Crippen LogP contribution in [0.25, 0.3) is 0 Å². The minimum atomic E-state index is 0. The second kappa shape index (κ2) is 12.0. The van der Waals surface area contributed by atoms with Gasteiger partial charge in [-0.1, -0.05) is 13.0 Å². The molecule has 1 atom stereocenters. The molecule has 0 bridgehead atoms. The number of nitrogens with one attached hydrogen (secondary N) is 2. The first-order valence-corrected chi connectivity index (χ1v) is 11.2. The molecule has 2 aromatic heterocycles. The van der Waals surface area contributed by atoms with Gasteiger partial charge in [-0.15, -0.1) is 46.7 Å². The van der Waals surface area contributed by atoms with Crippen LogP contribution in [0.1, 0.15) is 34.4 Å². The third-order valence-corrected chi connectivity index (χ3v) is 6.93. The standard InChI is InChI=1S/C20H30N4S2.HI/c1-3-17-8-9-18(26-17)13-23-20(21-2)22-12-16-6-4-10-24(14-16)15-19-7-5-11-25-19;/h5,7-9,11,16H,3-4,6,10,12-15H2,1-2H3,(H2,21,22,23);1H. The largest absolute Gasteiger partial charge is 0.356 e. The van der Waals surface area contributed by atoms with Crippen LogP contribution in [0, 0.1) is 5.92 Å². The summed E-state index contributed by atoms with van der Waals surface area (Å²) in [5, 5.41) is 9.15. The second-order valence-corrected chi connectivity index (χ2v) is 9.14. The minimum Gasteiger partial charge on any atom is -0.356 e. The molecule has 3 rings (SSSR count). The number of piperidine rings is 1. The first-order valence-electron chi connectivity index (χ1n) is 9.53. The molecule has 1 fully saturated rings. The first-order chi connectivity index (χ1) is 12.8. The highest BCUT2D eigenvalue weighted by molar-refractivity contribution is 14.0. The van der Waals surface area contributed by atoms with Crippen molar-refractivity contribution in [3.8, 4) is 0 Å². The van der Waals surface area contributed by atoms with Crippen LogP contribution in [0.15, 0.2) is 34.6 Å². The average molecular weight is 519 g/mol. The Bertz CT molecular complexity index is 684. The van der Waals surface area contributed by atoms with E-state index in [0.29, 0.717) is 5.92 Å². The summed E-state index contributed by atoms with van der Waals surface area (Å²) in [4.78, 5) is 11.3. The second-order valence-electron chi connectivity index (χ2n) is 6.85. The third-order valence-electron chi connectivity index (χ3n) is 4.84. The van der Waals surface area contributed by atoms with Crippen molar-refractivity contribution in [3.05, 3.63) is 44.3 Å². The molecule has 150 valence electrons. The van der Waals surface area contributed by atoms with Gasteiger partial charge >= 0.3 is 0 Å². The number of hydrogen-bond donors (Lipinski definition) is 2. The SMILES string of the molecule is CCc1ccc(CNC(=NC)NCC2CCCN(Cc3cccs3)C2)s1.I. The van der Waals surface area contributed by atoms with Gasteiger partial charge in [0.25, 0.3) is 0 Å². The van der Waals surface area contributed by atoms with Crippen molar-refractivity contribution in [2.75, 3.05) is 26.7 Å². The lowest BCUT2D eigenvalue weighted by atomic mass is 9.98. The van der Waals surface area contributed by atoms with E-state index in [4.69, 9.17) is 0 Å². The number of guanidine groups is 1. The van der Waals surface area contributed by atoms with E-state index in [1.807, 2.05) is 29.7 Å². The van der Waals surface area contributed by atoms with Crippen molar-refractivity contribution in [2.24, 2.45) is 10.9 Å². The smallest absolute Gasteiger partial charge is 0.191 e. The van der Waals surface area contributed by atoms with Crippen LogP contribution in [-0.4, -0.2) is 37.5 Å². The zero-order chi connectivity index (χ0) is 18.2. The van der Waals surface area contributed by atoms with Gasteiger partial charge in [0.2, 0.25) is 0 Å². The van der Waals surface area contributed by atoms with Crippen molar-refractivity contribution >= 4 is 52.6 Å². The molecule has 0 aliphatic carbocycles. The molecule has 1 saturated heterocycles. The number of aliphatic imine (C=N–C) groups is 1. The van der Waals surface area contributed by atoms with E-state index in [2.05, 4.69) is 57.1 Å². The molecule has 1 aliphatic heterocycles. The van der Waals surface area contributed by atoms with Gasteiger partial charge in [0, 0.05) is 41.3 Å². The van der Waals surface area contributed by atoms with Crippen LogP contribution in [0.5, 0.6) is 0 Å². The molecule has 0 amide bonds. The molecule has 2 aromatic rings. The number of likely N-dealkylation sites (tertiary alicyclic amines) is 1. The molecule has 0 radical (unpaired) electrons. The Morgan fingerprint density at radius 1 is 1.22 bits per heavy atom. The molecular weight excluding hydrogens is 487 g/mol. The number of thiophene rings is 2. The molecule has 2 N–H and O–H groups in total. The molecular formula is C20H31IN4S2. The topological polar surface area (TPSA) is 39.7 Å². The van der Waals surface area contributed by atoms with Crippen LogP contribution in [0.4, 0.5) is 0 Å². The summed E-state index contributed by atoms with van der Waals surface area (Å²) < 4.78 is 0. The van der Waals surface area contributed by atoms with E-state index in [1.54, 1.807) is 0 Å². The highest BCUT2D eigenvalue weighted by atomic mass is 127. The van der Waals surface area contributed by atoms with Crippen molar-refractivity contribution in [1.29, 1.82) is 0 Å². The quantitative estimate of drug-likeness (QED) is 0.321. The Kier molecular flexibility index (Phi) is 10.1. The molecule has 27 heavy (non-hydrogen) atoms. The van der Waals surface area contributed by atoms with E-state index >= 15 is 0 Å². The number of nitrogens with zero attached hydrogens (tertiary/aromatic N) is 2. The summed E-state index contributed by atoms with van der Waals surface area (Å²) >= 11 is 3.74. The number of halogens is 1. The maximum absolute atomic E-state index is 4.38. The zero-order valence-electron chi connectivity index (χ0n) is 16.2. The van der Waals surface area contributed by atoms with Gasteiger partial charge < -0.3 is 10.6 Å². The Morgan fingerprint density at radius 3 is 2.78 bits per heavy atom. The molecule has 7 heteroatoms. The van der Waals surface area contributed by atoms with Gasteiger partial charge in [-0.2, -0.15) is 0 Å². The molecule has 1 aliphatic rings. The van der Waals surface area contributed by atoms with Crippen molar-refractivity contribution in [1.82, 2.24) is 15.5 Å². The van der Waals surface area contributed by atoms with Crippen LogP contribution < -0.4 is 10.6 Å². The summed E-state index contributed by atoms with van der Waals surface area (Å²) in [6, 6.07) is 8.83. The lowest BCUT2D eigenvalue weighted by Gasteiger charge is -2.32. The van der Waals surface area contributed by atoms with Crippen LogP contribution in [-0.2, 0) is 19.5 Å². The fraction of sp³-hybridized carbons (Fsp3) is 0.550. The van der Waals surface area contributed by atoms with Gasteiger partial charge in [0.05, 0.1) is 6.54 Å². The molecule has 0 aromatic carbocycles. The highest BCUT2D eigenvalue weighted by Crippen LogP contribution is 2.20. The number of rotatable bonds is 7. The Balaban J connectivity index is 0.00000261. The van der Waals surface area contributed by atoms with Crippen LogP contribution in [0.2, 0.25) is 0 Å². The van der Waals surface area contributed by atoms with Gasteiger partial charge in [0.15, 0.2) is 5.96 Å². The predicted molar refractivity (Wildman–Crippen MR) is 130 cm³/mol. The van der Waals surface area contributed by atoms with Gasteiger partial charge in [0.1, 0.15) is 0 Å². The van der Waals surface area contributed by atoms with Crippen LogP contribution in [0.3, 0.4) is 0 Å². The van der Waals surface area contributed by atoms with Crippen molar-refractivity contribution < 1.29 is 0 Å². The summed E-state index contributed by atoms with van der Waals surface area (Å²) in [7, 11) is 1.85. The van der Waals surface area contributed by atoms with Gasteiger partial charge in [-0.3, -0.25) is 9.89 Å². The van der Waals surface area contributed by atoms with Crippen molar-refractivity contribution in [3.63, 3.8) is 0 Å². The lowest BCUT2D eigenvalue weighted by molar-refractivity contribution is 0.169. The zero-order valence-corrected chi connectivity index (χ0v) is 20.2. The molecule has 3 heterocycles. The molecule has 0 spiro atoms. The Labute approximate surface area is 188 Å². The van der Waals surface area contributed by atoms with Gasteiger partial charge in [-0.25, -0.2) is 0 Å². The summed E-state index contributed by atoms with van der Waals surface area (Å²) in [5.74, 6) is 1.60. The fourth-order valence-corrected chi connectivity index (χ4v) is 5.07. The Hall–Kier alpha value is -0.640. The normalized spacial score (nSPS) is 18.1. The molecule has 4 nitrogen and oxygen atoms in total.